The Morgan fingerprint density at radius 1 is 1.29 bits per heavy atom. The number of rotatable bonds is 6. The highest BCUT2D eigenvalue weighted by Gasteiger charge is 2.33. The van der Waals surface area contributed by atoms with Crippen molar-refractivity contribution < 1.29 is 9.53 Å². The summed E-state index contributed by atoms with van der Waals surface area (Å²) in [6.07, 6.45) is 4.34. The fraction of sp³-hybridized carbons (Fsp3) is 0.533. The van der Waals surface area contributed by atoms with Gasteiger partial charge in [0.2, 0.25) is 0 Å². The highest BCUT2D eigenvalue weighted by atomic mass is 16.5. The summed E-state index contributed by atoms with van der Waals surface area (Å²) in [5.74, 6) is 0.239. The van der Waals surface area contributed by atoms with E-state index in [2.05, 4.69) is 6.92 Å². The van der Waals surface area contributed by atoms with Crippen LogP contribution in [0.3, 0.4) is 0 Å². The van der Waals surface area contributed by atoms with Crippen LogP contribution in [0.4, 0.5) is 0 Å². The van der Waals surface area contributed by atoms with Crippen molar-refractivity contribution in [3.63, 3.8) is 0 Å². The number of hydrogen-bond donors (Lipinski definition) is 0. The summed E-state index contributed by atoms with van der Waals surface area (Å²) in [6.45, 7) is 2.99. The molecule has 0 saturated heterocycles. The molecule has 17 heavy (non-hydrogen) atoms. The van der Waals surface area contributed by atoms with Gasteiger partial charge in [0.05, 0.1) is 6.61 Å². The molecular weight excluding hydrogens is 212 g/mol. The zero-order valence-electron chi connectivity index (χ0n) is 10.4. The van der Waals surface area contributed by atoms with Crippen molar-refractivity contribution in [2.24, 2.45) is 5.41 Å². The summed E-state index contributed by atoms with van der Waals surface area (Å²) in [4.78, 5) is 11.7. The second kappa shape index (κ2) is 5.46. The molecule has 92 valence electrons. The van der Waals surface area contributed by atoms with Gasteiger partial charge < -0.3 is 4.74 Å². The van der Waals surface area contributed by atoms with Crippen LogP contribution in [0.15, 0.2) is 30.3 Å². The van der Waals surface area contributed by atoms with E-state index in [0.29, 0.717) is 13.0 Å². The van der Waals surface area contributed by atoms with Crippen molar-refractivity contribution in [3.05, 3.63) is 35.9 Å². The van der Waals surface area contributed by atoms with Gasteiger partial charge in [-0.2, -0.15) is 0 Å². The summed E-state index contributed by atoms with van der Waals surface area (Å²) in [6, 6.07) is 9.97. The van der Waals surface area contributed by atoms with Crippen LogP contribution in [-0.4, -0.2) is 12.4 Å². The molecule has 0 amide bonds. The summed E-state index contributed by atoms with van der Waals surface area (Å²) in [7, 11) is 0. The van der Waals surface area contributed by atoms with E-state index in [4.69, 9.17) is 4.74 Å². The van der Waals surface area contributed by atoms with Gasteiger partial charge in [-0.1, -0.05) is 43.7 Å². The molecule has 2 nitrogen and oxygen atoms in total. The number of benzene rings is 1. The largest absolute Gasteiger partial charge is 0.369 e. The van der Waals surface area contributed by atoms with E-state index in [1.165, 1.54) is 19.3 Å². The van der Waals surface area contributed by atoms with Crippen molar-refractivity contribution in [1.29, 1.82) is 0 Å². The lowest BCUT2D eigenvalue weighted by atomic mass is 9.67. The number of carbonyl (C=O) groups excluding carboxylic acids is 1. The molecule has 1 aromatic carbocycles. The number of Topliss-reactive ketones (excluding diaryl/α,β-unsaturated/α-hetero) is 1. The van der Waals surface area contributed by atoms with Crippen molar-refractivity contribution in [3.8, 4) is 0 Å². The first kappa shape index (κ1) is 12.3. The van der Waals surface area contributed by atoms with Crippen LogP contribution in [0.1, 0.15) is 38.2 Å². The third kappa shape index (κ3) is 3.67. The number of ether oxygens (including phenoxy) is 1. The SMILES string of the molecule is CC1(CC(=O)COCc2ccccc2)CCC1. The summed E-state index contributed by atoms with van der Waals surface area (Å²) < 4.78 is 5.45. The summed E-state index contributed by atoms with van der Waals surface area (Å²) in [5.41, 5.74) is 1.39. The lowest BCUT2D eigenvalue weighted by Gasteiger charge is -2.37. The van der Waals surface area contributed by atoms with Crippen LogP contribution >= 0.6 is 0 Å². The topological polar surface area (TPSA) is 26.3 Å². The fourth-order valence-electron chi connectivity index (χ4n) is 2.34. The van der Waals surface area contributed by atoms with E-state index in [-0.39, 0.29) is 17.8 Å². The Labute approximate surface area is 103 Å². The lowest BCUT2D eigenvalue weighted by molar-refractivity contribution is -0.127. The molecule has 0 bridgehead atoms. The first-order valence-electron chi connectivity index (χ1n) is 6.31. The minimum absolute atomic E-state index is 0.239. The minimum atomic E-state index is 0.239. The second-order valence-electron chi connectivity index (χ2n) is 5.36. The maximum absolute atomic E-state index is 11.7. The molecule has 2 rings (SSSR count). The molecule has 0 radical (unpaired) electrons. The molecule has 1 aromatic rings. The van der Waals surface area contributed by atoms with Crippen LogP contribution in [0, 0.1) is 5.41 Å². The monoisotopic (exact) mass is 232 g/mol. The molecule has 2 heteroatoms. The predicted molar refractivity (Wildman–Crippen MR) is 67.7 cm³/mol. The standard InChI is InChI=1S/C15H20O2/c1-15(8-5-9-15)10-14(16)12-17-11-13-6-3-2-4-7-13/h2-4,6-7H,5,8-12H2,1H3. The average Bonchev–Trinajstić information content (AvgIpc) is 2.28. The maximum atomic E-state index is 11.7. The normalized spacial score (nSPS) is 17.5. The van der Waals surface area contributed by atoms with Gasteiger partial charge in [-0.25, -0.2) is 0 Å². The van der Waals surface area contributed by atoms with Gasteiger partial charge >= 0.3 is 0 Å². The molecule has 0 spiro atoms. The molecule has 0 unspecified atom stereocenters. The Balaban J connectivity index is 1.66. The van der Waals surface area contributed by atoms with Gasteiger partial charge in [0, 0.05) is 6.42 Å². The van der Waals surface area contributed by atoms with Crippen LogP contribution < -0.4 is 0 Å². The summed E-state index contributed by atoms with van der Waals surface area (Å²) >= 11 is 0. The Morgan fingerprint density at radius 3 is 2.59 bits per heavy atom. The number of carbonyl (C=O) groups is 1. The van der Waals surface area contributed by atoms with E-state index >= 15 is 0 Å². The summed E-state index contributed by atoms with van der Waals surface area (Å²) in [5, 5.41) is 0. The van der Waals surface area contributed by atoms with Gasteiger partial charge in [-0.05, 0) is 23.8 Å². The molecule has 1 aliphatic rings. The van der Waals surface area contributed by atoms with E-state index in [0.717, 1.165) is 5.56 Å². The Morgan fingerprint density at radius 2 is 2.00 bits per heavy atom. The quantitative estimate of drug-likeness (QED) is 0.751. The fourth-order valence-corrected chi connectivity index (χ4v) is 2.34. The van der Waals surface area contributed by atoms with Crippen molar-refractivity contribution in [2.45, 2.75) is 39.2 Å². The minimum Gasteiger partial charge on any atom is -0.369 e. The third-order valence-electron chi connectivity index (χ3n) is 3.56. The molecule has 0 heterocycles. The Bertz CT molecular complexity index is 366. The van der Waals surface area contributed by atoms with Gasteiger partial charge in [-0.3, -0.25) is 4.79 Å². The van der Waals surface area contributed by atoms with Gasteiger partial charge in [-0.15, -0.1) is 0 Å². The molecule has 0 N–H and O–H groups in total. The molecule has 0 aliphatic heterocycles. The average molecular weight is 232 g/mol. The van der Waals surface area contributed by atoms with Gasteiger partial charge in [0.25, 0.3) is 0 Å². The molecule has 0 atom stereocenters. The Kier molecular flexibility index (Phi) is 3.95. The molecule has 1 saturated carbocycles. The maximum Gasteiger partial charge on any atom is 0.159 e. The zero-order valence-corrected chi connectivity index (χ0v) is 10.4. The van der Waals surface area contributed by atoms with Crippen LogP contribution in [-0.2, 0) is 16.1 Å². The number of ketones is 1. The third-order valence-corrected chi connectivity index (χ3v) is 3.56. The molecule has 1 aliphatic carbocycles. The van der Waals surface area contributed by atoms with Crippen LogP contribution in [0.5, 0.6) is 0 Å². The van der Waals surface area contributed by atoms with E-state index in [1.54, 1.807) is 0 Å². The number of hydrogen-bond acceptors (Lipinski definition) is 2. The highest BCUT2D eigenvalue weighted by Crippen LogP contribution is 2.43. The van der Waals surface area contributed by atoms with Gasteiger partial charge in [0.15, 0.2) is 5.78 Å². The second-order valence-corrected chi connectivity index (χ2v) is 5.36. The first-order valence-corrected chi connectivity index (χ1v) is 6.31. The smallest absolute Gasteiger partial charge is 0.159 e. The van der Waals surface area contributed by atoms with Crippen molar-refractivity contribution in [1.82, 2.24) is 0 Å². The van der Waals surface area contributed by atoms with E-state index in [1.807, 2.05) is 30.3 Å². The lowest BCUT2D eigenvalue weighted by Crippen LogP contribution is -2.29. The predicted octanol–water partition coefficient (Wildman–Crippen LogP) is 3.35. The molecule has 0 aromatic heterocycles. The molecule has 1 fully saturated rings. The van der Waals surface area contributed by atoms with Crippen LogP contribution in [0.2, 0.25) is 0 Å². The van der Waals surface area contributed by atoms with Crippen LogP contribution in [0.25, 0.3) is 0 Å². The van der Waals surface area contributed by atoms with E-state index in [9.17, 15) is 4.79 Å². The zero-order chi connectivity index (χ0) is 12.1. The van der Waals surface area contributed by atoms with E-state index < -0.39 is 0 Å². The van der Waals surface area contributed by atoms with Crippen molar-refractivity contribution >= 4 is 5.78 Å². The Hall–Kier alpha value is -1.15. The molecular formula is C15H20O2. The first-order chi connectivity index (χ1) is 8.18. The highest BCUT2D eigenvalue weighted by molar-refractivity contribution is 5.80. The van der Waals surface area contributed by atoms with Gasteiger partial charge in [0.1, 0.15) is 6.61 Å². The van der Waals surface area contributed by atoms with Crippen molar-refractivity contribution in [2.75, 3.05) is 6.61 Å².